The molecule has 0 saturated heterocycles. The third-order valence-corrected chi connectivity index (χ3v) is 5.99. The van der Waals surface area contributed by atoms with Crippen molar-refractivity contribution in [1.82, 2.24) is 10.2 Å². The lowest BCUT2D eigenvalue weighted by molar-refractivity contribution is 0.537. The average molecular weight is 527 g/mol. The van der Waals surface area contributed by atoms with Crippen LogP contribution < -0.4 is 0 Å². The summed E-state index contributed by atoms with van der Waals surface area (Å²) in [6, 6.07) is 15.7. The topological polar surface area (TPSA) is 95.8 Å². The zero-order valence-corrected chi connectivity index (χ0v) is 24.8. The molecule has 0 radical (unpaired) electrons. The molecule has 2 aromatic carbocycles. The largest absolute Gasteiger partial charge is 0.421 e. The van der Waals surface area contributed by atoms with Gasteiger partial charge in [-0.25, -0.2) is 0 Å². The van der Waals surface area contributed by atoms with Crippen LogP contribution in [0.2, 0.25) is 0 Å². The first-order valence-electron chi connectivity index (χ1n) is 13.2. The standard InChI is InChI=1S/C31H36N4O2.C2H6/c1-9-20(26(32)36-27(33)22-11-15-24(16-12-22)30(3,4)5)19-21(10-2)28-34-35-29(37-28)23-13-17-25(18-14-23)31(6,7)8;1-2/h9-19,32-33H,1H2,2-8H3;1-2H3/b20-19+,21-10+,32-26?,33-27?;. The van der Waals surface area contributed by atoms with Crippen molar-refractivity contribution in [2.24, 2.45) is 0 Å². The number of benzene rings is 2. The second-order valence-corrected chi connectivity index (χ2v) is 10.9. The molecule has 0 atom stereocenters. The molecule has 6 heteroatoms. The van der Waals surface area contributed by atoms with E-state index in [1.165, 1.54) is 11.6 Å². The van der Waals surface area contributed by atoms with Crippen molar-refractivity contribution in [2.45, 2.75) is 73.1 Å². The lowest BCUT2D eigenvalue weighted by atomic mass is 9.87. The van der Waals surface area contributed by atoms with Gasteiger partial charge in [-0.15, -0.1) is 10.2 Å². The fourth-order valence-corrected chi connectivity index (χ4v) is 3.56. The molecule has 0 aliphatic heterocycles. The van der Waals surface area contributed by atoms with Crippen LogP contribution in [0.1, 0.15) is 84.9 Å². The van der Waals surface area contributed by atoms with Crippen LogP contribution in [-0.2, 0) is 15.6 Å². The molecule has 3 aromatic rings. The van der Waals surface area contributed by atoms with Crippen molar-refractivity contribution in [1.29, 1.82) is 10.8 Å². The Hall–Kier alpha value is -4.06. The van der Waals surface area contributed by atoms with Crippen molar-refractivity contribution in [3.05, 3.63) is 101 Å². The van der Waals surface area contributed by atoms with E-state index < -0.39 is 0 Å². The van der Waals surface area contributed by atoms with Gasteiger partial charge in [0.15, 0.2) is 0 Å². The van der Waals surface area contributed by atoms with E-state index in [0.29, 0.717) is 28.5 Å². The Morgan fingerprint density at radius 3 is 1.82 bits per heavy atom. The summed E-state index contributed by atoms with van der Waals surface area (Å²) < 4.78 is 11.5. The summed E-state index contributed by atoms with van der Waals surface area (Å²) in [7, 11) is 0. The Balaban J connectivity index is 0.00000260. The van der Waals surface area contributed by atoms with Crippen molar-refractivity contribution in [2.75, 3.05) is 0 Å². The van der Waals surface area contributed by atoms with Gasteiger partial charge in [-0.1, -0.05) is 98.4 Å². The summed E-state index contributed by atoms with van der Waals surface area (Å²) in [6.45, 7) is 22.6. The van der Waals surface area contributed by atoms with Gasteiger partial charge in [0.2, 0.25) is 23.6 Å². The summed E-state index contributed by atoms with van der Waals surface area (Å²) in [5, 5.41) is 25.1. The Morgan fingerprint density at radius 1 is 0.846 bits per heavy atom. The number of hydrogen-bond acceptors (Lipinski definition) is 6. The van der Waals surface area contributed by atoms with Crippen LogP contribution in [-0.4, -0.2) is 22.0 Å². The van der Waals surface area contributed by atoms with Gasteiger partial charge in [0.05, 0.1) is 0 Å². The molecule has 0 unspecified atom stereocenters. The number of ether oxygens (including phenoxy) is 1. The Kier molecular flexibility index (Phi) is 10.5. The minimum atomic E-state index is -0.197. The number of nitrogens with zero attached hydrogens (tertiary/aromatic N) is 2. The lowest BCUT2D eigenvalue weighted by Crippen LogP contribution is -2.15. The molecule has 0 aliphatic rings. The monoisotopic (exact) mass is 526 g/mol. The van der Waals surface area contributed by atoms with Crippen LogP contribution >= 0.6 is 0 Å². The molecule has 1 aromatic heterocycles. The number of hydrogen-bond donors (Lipinski definition) is 2. The summed E-state index contributed by atoms with van der Waals surface area (Å²) >= 11 is 0. The van der Waals surface area contributed by atoms with Gasteiger partial charge < -0.3 is 9.15 Å². The maximum absolute atomic E-state index is 8.41. The maximum Gasteiger partial charge on any atom is 0.248 e. The van der Waals surface area contributed by atoms with Crippen LogP contribution in [0.4, 0.5) is 0 Å². The molecule has 39 heavy (non-hydrogen) atoms. The van der Waals surface area contributed by atoms with Gasteiger partial charge in [0.25, 0.3) is 0 Å². The highest BCUT2D eigenvalue weighted by Gasteiger charge is 2.18. The van der Waals surface area contributed by atoms with E-state index in [4.69, 9.17) is 20.0 Å². The lowest BCUT2D eigenvalue weighted by Gasteiger charge is -2.19. The smallest absolute Gasteiger partial charge is 0.248 e. The predicted octanol–water partition coefficient (Wildman–Crippen LogP) is 8.89. The van der Waals surface area contributed by atoms with E-state index >= 15 is 0 Å². The fraction of sp³-hybridized carbons (Fsp3) is 0.333. The minimum Gasteiger partial charge on any atom is -0.421 e. The second kappa shape index (κ2) is 13.1. The second-order valence-electron chi connectivity index (χ2n) is 10.9. The summed E-state index contributed by atoms with van der Waals surface area (Å²) in [6.07, 6.45) is 5.00. The van der Waals surface area contributed by atoms with Crippen molar-refractivity contribution < 1.29 is 9.15 Å². The maximum atomic E-state index is 8.41. The Labute approximate surface area is 233 Å². The number of rotatable bonds is 6. The van der Waals surface area contributed by atoms with Gasteiger partial charge in [-0.3, -0.25) is 10.8 Å². The molecule has 0 amide bonds. The van der Waals surface area contributed by atoms with E-state index in [1.54, 1.807) is 6.08 Å². The predicted molar refractivity (Wildman–Crippen MR) is 162 cm³/mol. The molecule has 0 aliphatic carbocycles. The normalized spacial score (nSPS) is 12.3. The van der Waals surface area contributed by atoms with Gasteiger partial charge in [-0.05, 0) is 59.2 Å². The zero-order chi connectivity index (χ0) is 29.4. The van der Waals surface area contributed by atoms with Crippen LogP contribution in [0.25, 0.3) is 17.0 Å². The third kappa shape index (κ3) is 8.21. The Morgan fingerprint density at radius 2 is 1.36 bits per heavy atom. The molecule has 206 valence electrons. The summed E-state index contributed by atoms with van der Waals surface area (Å²) in [5.74, 6) is 0.420. The van der Waals surface area contributed by atoms with Gasteiger partial charge in [0.1, 0.15) is 0 Å². The van der Waals surface area contributed by atoms with E-state index in [2.05, 4.69) is 70.5 Å². The molecule has 0 bridgehead atoms. The minimum absolute atomic E-state index is 0.0143. The molecular formula is C33H42N4O2. The summed E-state index contributed by atoms with van der Waals surface area (Å²) in [5.41, 5.74) is 4.88. The molecule has 3 rings (SSSR count). The fourth-order valence-electron chi connectivity index (χ4n) is 3.56. The molecular weight excluding hydrogens is 484 g/mol. The van der Waals surface area contributed by atoms with Gasteiger partial charge in [-0.2, -0.15) is 0 Å². The van der Waals surface area contributed by atoms with Crippen molar-refractivity contribution >= 4 is 17.4 Å². The SMILES string of the molecule is C=C/C(=C\C(=C/C)c1nnc(-c2ccc(C(C)(C)C)cc2)o1)C(=N)OC(=N)c1ccc(C(C)(C)C)cc1.CC. The molecule has 0 saturated carbocycles. The quantitative estimate of drug-likeness (QED) is 0.190. The first kappa shape index (κ1) is 31.2. The highest BCUT2D eigenvalue weighted by Crippen LogP contribution is 2.27. The zero-order valence-electron chi connectivity index (χ0n) is 24.8. The van der Waals surface area contributed by atoms with E-state index in [1.807, 2.05) is 63.2 Å². The number of allylic oxidation sites excluding steroid dienone is 3. The van der Waals surface area contributed by atoms with Gasteiger partial charge >= 0.3 is 0 Å². The van der Waals surface area contributed by atoms with Crippen molar-refractivity contribution in [3.63, 3.8) is 0 Å². The van der Waals surface area contributed by atoms with E-state index in [-0.39, 0.29) is 22.6 Å². The number of nitrogens with one attached hydrogen (secondary N) is 2. The molecule has 2 N–H and O–H groups in total. The van der Waals surface area contributed by atoms with Gasteiger partial charge in [0, 0.05) is 22.3 Å². The summed E-state index contributed by atoms with van der Waals surface area (Å²) in [4.78, 5) is 0. The average Bonchev–Trinajstić information content (AvgIpc) is 3.40. The molecule has 6 nitrogen and oxygen atoms in total. The van der Waals surface area contributed by atoms with Crippen LogP contribution in [0, 0.1) is 10.8 Å². The Bertz CT molecular complexity index is 1340. The highest BCUT2D eigenvalue weighted by molar-refractivity contribution is 6.06. The molecule has 0 spiro atoms. The van der Waals surface area contributed by atoms with Crippen molar-refractivity contribution in [3.8, 4) is 11.5 Å². The third-order valence-electron chi connectivity index (χ3n) is 5.99. The molecule has 1 heterocycles. The molecule has 0 fully saturated rings. The highest BCUT2D eigenvalue weighted by atomic mass is 16.5. The van der Waals surface area contributed by atoms with Crippen LogP contribution in [0.5, 0.6) is 0 Å². The van der Waals surface area contributed by atoms with Crippen LogP contribution in [0.3, 0.4) is 0 Å². The first-order valence-corrected chi connectivity index (χ1v) is 13.2. The van der Waals surface area contributed by atoms with Crippen LogP contribution in [0.15, 0.2) is 83.3 Å². The van der Waals surface area contributed by atoms with E-state index in [0.717, 1.165) is 11.1 Å². The first-order chi connectivity index (χ1) is 18.3. The number of aromatic nitrogens is 2. The van der Waals surface area contributed by atoms with E-state index in [9.17, 15) is 0 Å².